The lowest BCUT2D eigenvalue weighted by atomic mass is 10.1. The van der Waals surface area contributed by atoms with Gasteiger partial charge in [-0.3, -0.25) is 9.78 Å². The van der Waals surface area contributed by atoms with E-state index in [-0.39, 0.29) is 11.9 Å². The molecule has 4 heteroatoms. The number of pyridine rings is 1. The molecule has 21 heavy (non-hydrogen) atoms. The molecular weight excluding hydrogens is 262 g/mol. The Balaban J connectivity index is 1.98. The summed E-state index contributed by atoms with van der Waals surface area (Å²) in [7, 11) is 0. The van der Waals surface area contributed by atoms with E-state index in [1.54, 1.807) is 0 Å². The number of anilines is 1. The first-order chi connectivity index (χ1) is 10.0. The van der Waals surface area contributed by atoms with Crippen molar-refractivity contribution in [3.05, 3.63) is 59.4 Å². The highest BCUT2D eigenvalue weighted by atomic mass is 16.1. The van der Waals surface area contributed by atoms with E-state index in [1.807, 2.05) is 43.5 Å². The van der Waals surface area contributed by atoms with Crippen molar-refractivity contribution in [1.82, 2.24) is 10.3 Å². The Morgan fingerprint density at radius 2 is 2.10 bits per heavy atom. The normalized spacial score (nSPS) is 12.0. The number of rotatable bonds is 5. The van der Waals surface area contributed by atoms with Crippen LogP contribution in [0.15, 0.2) is 42.6 Å². The predicted octanol–water partition coefficient (Wildman–Crippen LogP) is 3.20. The highest BCUT2D eigenvalue weighted by Crippen LogP contribution is 2.17. The number of hydrogen-bond acceptors (Lipinski definition) is 3. The van der Waals surface area contributed by atoms with Crippen molar-refractivity contribution in [3.63, 3.8) is 0 Å². The van der Waals surface area contributed by atoms with E-state index in [1.165, 1.54) is 6.92 Å². The predicted molar refractivity (Wildman–Crippen MR) is 85.0 cm³/mol. The van der Waals surface area contributed by atoms with Crippen molar-refractivity contribution in [1.29, 1.82) is 0 Å². The number of carbonyl (C=O) groups is 1. The number of hydrogen-bond donors (Lipinski definition) is 2. The van der Waals surface area contributed by atoms with Crippen LogP contribution >= 0.6 is 0 Å². The smallest absolute Gasteiger partial charge is 0.221 e. The fourth-order valence-electron chi connectivity index (χ4n) is 2.07. The van der Waals surface area contributed by atoms with Gasteiger partial charge in [-0.25, -0.2) is 0 Å². The highest BCUT2D eigenvalue weighted by molar-refractivity contribution is 5.88. The maximum atomic E-state index is 11.1. The van der Waals surface area contributed by atoms with E-state index in [0.29, 0.717) is 6.54 Å². The zero-order valence-corrected chi connectivity index (χ0v) is 12.7. The molecule has 0 radical (unpaired) electrons. The van der Waals surface area contributed by atoms with Gasteiger partial charge in [-0.1, -0.05) is 18.2 Å². The summed E-state index contributed by atoms with van der Waals surface area (Å²) in [5.74, 6) is -0.0587. The third kappa shape index (κ3) is 4.68. The Morgan fingerprint density at radius 1 is 1.29 bits per heavy atom. The summed E-state index contributed by atoms with van der Waals surface area (Å²) in [4.78, 5) is 15.5. The molecule has 1 heterocycles. The molecule has 1 aromatic heterocycles. The van der Waals surface area contributed by atoms with Crippen LogP contribution in [0.3, 0.4) is 0 Å². The van der Waals surface area contributed by atoms with Gasteiger partial charge in [-0.2, -0.15) is 0 Å². The lowest BCUT2D eigenvalue weighted by molar-refractivity contribution is -0.114. The van der Waals surface area contributed by atoms with Crippen molar-refractivity contribution in [2.75, 3.05) is 5.32 Å². The van der Waals surface area contributed by atoms with Crippen LogP contribution in [0.4, 0.5) is 5.69 Å². The van der Waals surface area contributed by atoms with Gasteiger partial charge in [-0.15, -0.1) is 0 Å². The Morgan fingerprint density at radius 3 is 2.76 bits per heavy atom. The number of aromatic nitrogens is 1. The summed E-state index contributed by atoms with van der Waals surface area (Å²) in [5.41, 5.74) is 4.13. The van der Waals surface area contributed by atoms with E-state index in [9.17, 15) is 4.79 Å². The van der Waals surface area contributed by atoms with Crippen molar-refractivity contribution in [3.8, 4) is 0 Å². The van der Waals surface area contributed by atoms with Gasteiger partial charge in [0.25, 0.3) is 0 Å². The molecule has 4 nitrogen and oxygen atoms in total. The molecule has 0 aliphatic rings. The van der Waals surface area contributed by atoms with Crippen LogP contribution in [0.2, 0.25) is 0 Å². The van der Waals surface area contributed by atoms with Crippen LogP contribution in [0.5, 0.6) is 0 Å². The molecule has 0 saturated carbocycles. The fourth-order valence-corrected chi connectivity index (χ4v) is 2.07. The standard InChI is InChI=1S/C17H21N3O/c1-12-7-8-17(19-10-12)11-18-13(2)15-5-4-6-16(9-15)20-14(3)21/h4-10,13,18H,11H2,1-3H3,(H,20,21). The minimum Gasteiger partial charge on any atom is -0.326 e. The van der Waals surface area contributed by atoms with E-state index in [0.717, 1.165) is 22.5 Å². The number of aryl methyl sites for hydroxylation is 1. The molecule has 1 amide bonds. The molecule has 0 aliphatic heterocycles. The molecule has 0 spiro atoms. The van der Waals surface area contributed by atoms with Crippen molar-refractivity contribution < 1.29 is 4.79 Å². The van der Waals surface area contributed by atoms with Crippen molar-refractivity contribution in [2.45, 2.75) is 33.4 Å². The Bertz CT molecular complexity index is 608. The minimum atomic E-state index is -0.0587. The quantitative estimate of drug-likeness (QED) is 0.886. The molecule has 2 rings (SSSR count). The first-order valence-electron chi connectivity index (χ1n) is 7.07. The van der Waals surface area contributed by atoms with Gasteiger partial charge >= 0.3 is 0 Å². The van der Waals surface area contributed by atoms with Gasteiger partial charge < -0.3 is 10.6 Å². The number of nitrogens with zero attached hydrogens (tertiary/aromatic N) is 1. The summed E-state index contributed by atoms with van der Waals surface area (Å²) in [6.07, 6.45) is 1.87. The molecule has 110 valence electrons. The third-order valence-electron chi connectivity index (χ3n) is 3.27. The first-order valence-corrected chi connectivity index (χ1v) is 7.07. The molecule has 1 unspecified atom stereocenters. The van der Waals surface area contributed by atoms with E-state index in [2.05, 4.69) is 28.6 Å². The molecule has 0 bridgehead atoms. The monoisotopic (exact) mass is 283 g/mol. The van der Waals surface area contributed by atoms with Gasteiger partial charge in [-0.05, 0) is 43.2 Å². The summed E-state index contributed by atoms with van der Waals surface area (Å²) in [5, 5.41) is 6.24. The molecule has 2 N–H and O–H groups in total. The van der Waals surface area contributed by atoms with Gasteiger partial charge in [0.2, 0.25) is 5.91 Å². The van der Waals surface area contributed by atoms with Gasteiger partial charge in [0, 0.05) is 31.4 Å². The zero-order valence-electron chi connectivity index (χ0n) is 12.7. The number of carbonyl (C=O) groups excluding carboxylic acids is 1. The summed E-state index contributed by atoms with van der Waals surface area (Å²) >= 11 is 0. The SMILES string of the molecule is CC(=O)Nc1cccc(C(C)NCc2ccc(C)cn2)c1. The Hall–Kier alpha value is -2.20. The van der Waals surface area contributed by atoms with E-state index in [4.69, 9.17) is 0 Å². The van der Waals surface area contributed by atoms with Gasteiger partial charge in [0.05, 0.1) is 5.69 Å². The number of nitrogens with one attached hydrogen (secondary N) is 2. The Kier molecular flexibility index (Phi) is 5.06. The summed E-state index contributed by atoms with van der Waals surface area (Å²) in [6, 6.07) is 12.1. The molecule has 1 aromatic carbocycles. The average Bonchev–Trinajstić information content (AvgIpc) is 2.46. The van der Waals surface area contributed by atoms with Crippen molar-refractivity contribution >= 4 is 11.6 Å². The van der Waals surface area contributed by atoms with Crippen LogP contribution in [-0.2, 0) is 11.3 Å². The van der Waals surface area contributed by atoms with Gasteiger partial charge in [0.15, 0.2) is 0 Å². The second kappa shape index (κ2) is 6.99. The summed E-state index contributed by atoms with van der Waals surface area (Å²) in [6.45, 7) is 6.35. The largest absolute Gasteiger partial charge is 0.326 e. The lowest BCUT2D eigenvalue weighted by Crippen LogP contribution is -2.19. The van der Waals surface area contributed by atoms with Crippen LogP contribution in [-0.4, -0.2) is 10.9 Å². The summed E-state index contributed by atoms with van der Waals surface area (Å²) < 4.78 is 0. The maximum absolute atomic E-state index is 11.1. The Labute approximate surface area is 125 Å². The highest BCUT2D eigenvalue weighted by Gasteiger charge is 2.06. The van der Waals surface area contributed by atoms with Crippen LogP contribution in [0.25, 0.3) is 0 Å². The molecular formula is C17H21N3O. The second-order valence-corrected chi connectivity index (χ2v) is 5.24. The average molecular weight is 283 g/mol. The molecule has 0 aliphatic carbocycles. The van der Waals surface area contributed by atoms with Crippen LogP contribution in [0, 0.1) is 6.92 Å². The molecule has 2 aromatic rings. The third-order valence-corrected chi connectivity index (χ3v) is 3.27. The fraction of sp³-hybridized carbons (Fsp3) is 0.294. The lowest BCUT2D eigenvalue weighted by Gasteiger charge is -2.15. The molecule has 1 atom stereocenters. The van der Waals surface area contributed by atoms with E-state index >= 15 is 0 Å². The van der Waals surface area contributed by atoms with E-state index < -0.39 is 0 Å². The number of benzene rings is 1. The number of amides is 1. The first kappa shape index (κ1) is 15.2. The minimum absolute atomic E-state index is 0.0587. The van der Waals surface area contributed by atoms with Gasteiger partial charge in [0.1, 0.15) is 0 Å². The maximum Gasteiger partial charge on any atom is 0.221 e. The molecule has 0 fully saturated rings. The topological polar surface area (TPSA) is 54.0 Å². The second-order valence-electron chi connectivity index (χ2n) is 5.24. The zero-order chi connectivity index (χ0) is 15.2. The molecule has 0 saturated heterocycles. The van der Waals surface area contributed by atoms with Crippen molar-refractivity contribution in [2.24, 2.45) is 0 Å². The van der Waals surface area contributed by atoms with Crippen LogP contribution < -0.4 is 10.6 Å². The van der Waals surface area contributed by atoms with Crippen LogP contribution in [0.1, 0.15) is 36.7 Å².